The number of nitrogens with zero attached hydrogens (tertiary/aromatic N) is 1. The van der Waals surface area contributed by atoms with E-state index in [1.807, 2.05) is 61.5 Å². The van der Waals surface area contributed by atoms with E-state index in [0.29, 0.717) is 28.6 Å². The molecule has 0 atom stereocenters. The van der Waals surface area contributed by atoms with Gasteiger partial charge in [-0.05, 0) is 48.4 Å². The minimum atomic E-state index is -0.466. The van der Waals surface area contributed by atoms with Gasteiger partial charge in [-0.2, -0.15) is 5.26 Å². The van der Waals surface area contributed by atoms with Crippen LogP contribution in [0.1, 0.15) is 16.7 Å². The summed E-state index contributed by atoms with van der Waals surface area (Å²) in [5, 5.41) is 12.9. The normalized spacial score (nSPS) is 10.9. The quantitative estimate of drug-likeness (QED) is 0.420. The number of nitrogens with one attached hydrogen (secondary N) is 1. The van der Waals surface area contributed by atoms with E-state index in [4.69, 9.17) is 16.3 Å². The fraction of sp³-hybridized carbons (Fsp3) is 0.0833. The average molecular weight is 403 g/mol. The fourth-order valence-electron chi connectivity index (χ4n) is 2.73. The van der Waals surface area contributed by atoms with Crippen molar-refractivity contribution in [1.82, 2.24) is 0 Å². The Balaban J connectivity index is 1.80. The maximum atomic E-state index is 12.6. The molecule has 29 heavy (non-hydrogen) atoms. The van der Waals surface area contributed by atoms with E-state index in [-0.39, 0.29) is 5.57 Å². The number of halogens is 1. The predicted molar refractivity (Wildman–Crippen MR) is 116 cm³/mol. The van der Waals surface area contributed by atoms with Crippen molar-refractivity contribution < 1.29 is 9.53 Å². The molecule has 4 nitrogen and oxygen atoms in total. The molecule has 0 aromatic heterocycles. The summed E-state index contributed by atoms with van der Waals surface area (Å²) in [6.07, 6.45) is 1.53. The highest BCUT2D eigenvalue weighted by molar-refractivity contribution is 6.30. The second kappa shape index (κ2) is 9.59. The summed E-state index contributed by atoms with van der Waals surface area (Å²) in [4.78, 5) is 12.6. The molecular formula is C24H19ClN2O2. The maximum absolute atomic E-state index is 12.6. The summed E-state index contributed by atoms with van der Waals surface area (Å²) in [7, 11) is 0. The lowest BCUT2D eigenvalue weighted by molar-refractivity contribution is -0.112. The first-order valence-electron chi connectivity index (χ1n) is 9.02. The molecule has 3 aromatic carbocycles. The molecule has 0 fully saturated rings. The molecule has 0 aliphatic carbocycles. The van der Waals surface area contributed by atoms with Gasteiger partial charge in [0, 0.05) is 16.3 Å². The summed E-state index contributed by atoms with van der Waals surface area (Å²) in [6.45, 7) is 2.22. The van der Waals surface area contributed by atoms with Crippen LogP contribution >= 0.6 is 11.6 Å². The van der Waals surface area contributed by atoms with Gasteiger partial charge in [0.15, 0.2) is 0 Å². The van der Waals surface area contributed by atoms with Crippen molar-refractivity contribution in [2.75, 3.05) is 5.32 Å². The van der Waals surface area contributed by atoms with Crippen LogP contribution in [0.2, 0.25) is 5.02 Å². The molecule has 1 amide bonds. The molecule has 0 heterocycles. The number of hydrogen-bond acceptors (Lipinski definition) is 3. The van der Waals surface area contributed by atoms with Gasteiger partial charge in [-0.15, -0.1) is 0 Å². The zero-order chi connectivity index (χ0) is 20.6. The number of rotatable bonds is 6. The van der Waals surface area contributed by atoms with Gasteiger partial charge < -0.3 is 10.1 Å². The summed E-state index contributed by atoms with van der Waals surface area (Å²) >= 11 is 6.01. The number of nitriles is 1. The number of carbonyl (C=O) groups excluding carboxylic acids is 1. The van der Waals surface area contributed by atoms with Gasteiger partial charge in [0.2, 0.25) is 0 Å². The van der Waals surface area contributed by atoms with Crippen molar-refractivity contribution in [1.29, 1.82) is 5.26 Å². The zero-order valence-electron chi connectivity index (χ0n) is 15.9. The number of benzene rings is 3. The fourth-order valence-corrected chi connectivity index (χ4v) is 2.94. The van der Waals surface area contributed by atoms with Crippen molar-refractivity contribution in [2.24, 2.45) is 0 Å². The van der Waals surface area contributed by atoms with Crippen molar-refractivity contribution in [3.8, 4) is 11.8 Å². The maximum Gasteiger partial charge on any atom is 0.266 e. The molecule has 1 N–H and O–H groups in total. The first kappa shape index (κ1) is 20.2. The van der Waals surface area contributed by atoms with E-state index in [0.717, 1.165) is 11.1 Å². The van der Waals surface area contributed by atoms with Gasteiger partial charge in [0.25, 0.3) is 5.91 Å². The molecule has 0 radical (unpaired) electrons. The van der Waals surface area contributed by atoms with Crippen LogP contribution in [-0.4, -0.2) is 5.91 Å². The highest BCUT2D eigenvalue weighted by Crippen LogP contribution is 2.23. The van der Waals surface area contributed by atoms with Crippen LogP contribution in [0.15, 0.2) is 78.4 Å². The Kier molecular flexibility index (Phi) is 6.67. The van der Waals surface area contributed by atoms with Gasteiger partial charge in [-0.1, -0.05) is 60.1 Å². The lowest BCUT2D eigenvalue weighted by Crippen LogP contribution is -2.14. The molecule has 0 saturated heterocycles. The van der Waals surface area contributed by atoms with E-state index >= 15 is 0 Å². The number of ether oxygens (including phenoxy) is 1. The van der Waals surface area contributed by atoms with E-state index in [1.165, 1.54) is 6.08 Å². The molecule has 0 saturated carbocycles. The lowest BCUT2D eigenvalue weighted by Gasteiger charge is -2.11. The van der Waals surface area contributed by atoms with Crippen LogP contribution < -0.4 is 10.1 Å². The topological polar surface area (TPSA) is 62.1 Å². The number of para-hydroxylation sites is 2. The van der Waals surface area contributed by atoms with E-state index in [2.05, 4.69) is 5.32 Å². The van der Waals surface area contributed by atoms with Crippen LogP contribution in [0.3, 0.4) is 0 Å². The number of anilines is 1. The Morgan fingerprint density at radius 2 is 1.86 bits per heavy atom. The lowest BCUT2D eigenvalue weighted by atomic mass is 10.1. The highest BCUT2D eigenvalue weighted by Gasteiger charge is 2.12. The minimum absolute atomic E-state index is 0.00735. The Morgan fingerprint density at radius 1 is 1.10 bits per heavy atom. The first-order chi connectivity index (χ1) is 14.1. The van der Waals surface area contributed by atoms with Crippen molar-refractivity contribution in [2.45, 2.75) is 13.5 Å². The molecule has 3 rings (SSSR count). The van der Waals surface area contributed by atoms with E-state index < -0.39 is 5.91 Å². The molecule has 0 bridgehead atoms. The Labute approximate surface area is 175 Å². The van der Waals surface area contributed by atoms with Gasteiger partial charge >= 0.3 is 0 Å². The number of aryl methyl sites for hydroxylation is 1. The number of carbonyl (C=O) groups is 1. The average Bonchev–Trinajstić information content (AvgIpc) is 2.73. The Hall–Kier alpha value is -3.55. The monoisotopic (exact) mass is 402 g/mol. The van der Waals surface area contributed by atoms with Crippen LogP contribution in [0, 0.1) is 18.3 Å². The largest absolute Gasteiger partial charge is 0.488 e. The summed E-state index contributed by atoms with van der Waals surface area (Å²) in [6, 6.07) is 24.0. The third-order valence-corrected chi connectivity index (χ3v) is 4.50. The molecule has 3 aromatic rings. The molecule has 0 unspecified atom stereocenters. The zero-order valence-corrected chi connectivity index (χ0v) is 16.6. The van der Waals surface area contributed by atoms with Gasteiger partial charge in [-0.25, -0.2) is 0 Å². The summed E-state index contributed by atoms with van der Waals surface area (Å²) < 4.78 is 5.90. The van der Waals surface area contributed by atoms with Crippen molar-refractivity contribution in [3.63, 3.8) is 0 Å². The van der Waals surface area contributed by atoms with Gasteiger partial charge in [0.05, 0.1) is 0 Å². The summed E-state index contributed by atoms with van der Waals surface area (Å²) in [5.41, 5.74) is 3.15. The van der Waals surface area contributed by atoms with Crippen molar-refractivity contribution in [3.05, 3.63) is 100 Å². The van der Waals surface area contributed by atoms with Crippen LogP contribution in [0.5, 0.6) is 5.75 Å². The van der Waals surface area contributed by atoms with Crippen LogP contribution in [-0.2, 0) is 11.4 Å². The molecule has 0 spiro atoms. The van der Waals surface area contributed by atoms with E-state index in [1.54, 1.807) is 24.3 Å². The van der Waals surface area contributed by atoms with Crippen molar-refractivity contribution >= 4 is 29.3 Å². The minimum Gasteiger partial charge on any atom is -0.488 e. The molecule has 0 aliphatic rings. The number of amides is 1. The van der Waals surface area contributed by atoms with Gasteiger partial charge in [0.1, 0.15) is 24.0 Å². The van der Waals surface area contributed by atoms with Crippen LogP contribution in [0.4, 0.5) is 5.69 Å². The van der Waals surface area contributed by atoms with Crippen LogP contribution in [0.25, 0.3) is 6.08 Å². The predicted octanol–water partition coefficient (Wildman–Crippen LogP) is 5.77. The second-order valence-electron chi connectivity index (χ2n) is 6.40. The summed E-state index contributed by atoms with van der Waals surface area (Å²) in [5.74, 6) is 0.107. The number of hydrogen-bond donors (Lipinski definition) is 1. The highest BCUT2D eigenvalue weighted by atomic mass is 35.5. The molecule has 5 heteroatoms. The Bertz CT molecular complexity index is 1100. The Morgan fingerprint density at radius 3 is 2.62 bits per heavy atom. The molecule has 144 valence electrons. The molecule has 0 aliphatic heterocycles. The first-order valence-corrected chi connectivity index (χ1v) is 9.39. The third-order valence-electron chi connectivity index (χ3n) is 4.26. The molecular weight excluding hydrogens is 384 g/mol. The van der Waals surface area contributed by atoms with Gasteiger partial charge in [-0.3, -0.25) is 4.79 Å². The smallest absolute Gasteiger partial charge is 0.266 e. The second-order valence-corrected chi connectivity index (χ2v) is 6.83. The SMILES string of the molecule is Cc1ccccc1NC(=O)/C(C#N)=C/c1ccccc1OCc1cccc(Cl)c1. The van der Waals surface area contributed by atoms with E-state index in [9.17, 15) is 10.1 Å². The third kappa shape index (κ3) is 5.47. The standard InChI is InChI=1S/C24H19ClN2O2/c1-17-7-2-4-11-22(17)27-24(28)20(15-26)14-19-9-3-5-12-23(19)29-16-18-8-6-10-21(25)13-18/h2-14H,16H2,1H3,(H,27,28)/b20-14+.